The highest BCUT2D eigenvalue weighted by Crippen LogP contribution is 2.39. The number of benzene rings is 3. The molecule has 1 unspecified atom stereocenters. The SMILES string of the molecule is COCCN(C)c1ccc(C(N)=O)c(-c2cc(C(CNC3CCC(N)CC3)c3ccccc3)ccc2Cl)c1F. The minimum absolute atomic E-state index is 0.00883. The molecule has 0 saturated heterocycles. The average Bonchev–Trinajstić information content (AvgIpc) is 2.94. The van der Waals surface area contributed by atoms with E-state index in [0.717, 1.165) is 36.8 Å². The molecule has 0 heterocycles. The smallest absolute Gasteiger partial charge is 0.249 e. The largest absolute Gasteiger partial charge is 0.383 e. The van der Waals surface area contributed by atoms with Crippen LogP contribution in [0.2, 0.25) is 5.02 Å². The number of ether oxygens (including phenoxy) is 1. The van der Waals surface area contributed by atoms with Gasteiger partial charge in [0.2, 0.25) is 5.91 Å². The number of hydrogen-bond donors (Lipinski definition) is 3. The van der Waals surface area contributed by atoms with E-state index in [2.05, 4.69) is 17.4 Å². The summed E-state index contributed by atoms with van der Waals surface area (Å²) < 4.78 is 21.3. The fourth-order valence-electron chi connectivity index (χ4n) is 5.35. The summed E-state index contributed by atoms with van der Waals surface area (Å²) in [6, 6.07) is 19.7. The molecule has 0 radical (unpaired) electrons. The van der Waals surface area contributed by atoms with Crippen LogP contribution in [0.15, 0.2) is 60.7 Å². The number of primary amides is 1. The van der Waals surface area contributed by atoms with E-state index >= 15 is 4.39 Å². The van der Waals surface area contributed by atoms with Crippen LogP contribution in [0.25, 0.3) is 11.1 Å². The molecule has 0 bridgehead atoms. The van der Waals surface area contributed by atoms with Gasteiger partial charge in [0.15, 0.2) is 5.82 Å². The fraction of sp³-hybridized carbons (Fsp3) is 0.387. The van der Waals surface area contributed by atoms with Gasteiger partial charge in [-0.2, -0.15) is 0 Å². The van der Waals surface area contributed by atoms with Gasteiger partial charge in [0, 0.05) is 61.4 Å². The average molecular weight is 553 g/mol. The van der Waals surface area contributed by atoms with E-state index in [1.807, 2.05) is 30.3 Å². The van der Waals surface area contributed by atoms with Crippen molar-refractivity contribution in [2.24, 2.45) is 11.5 Å². The summed E-state index contributed by atoms with van der Waals surface area (Å²) in [5, 5.41) is 4.09. The highest BCUT2D eigenvalue weighted by atomic mass is 35.5. The summed E-state index contributed by atoms with van der Waals surface area (Å²) in [4.78, 5) is 14.2. The second-order valence-electron chi connectivity index (χ2n) is 10.3. The van der Waals surface area contributed by atoms with Crippen molar-refractivity contribution in [3.63, 3.8) is 0 Å². The topological polar surface area (TPSA) is 93.6 Å². The standard InChI is InChI=1S/C31H38ClFN4O2/c1-37(16-17-39-2)28-15-13-24(31(35)38)29(30(28)33)25-18-21(8-14-27(25)32)26(20-6-4-3-5-7-20)19-36-23-11-9-22(34)10-12-23/h3-8,13-15,18,22-23,26,36H,9-12,16-17,19,34H2,1-2H3,(H2,35,38). The number of carbonyl (C=O) groups excluding carboxylic acids is 1. The third-order valence-electron chi connectivity index (χ3n) is 7.68. The Hall–Kier alpha value is -2.97. The Kier molecular flexibility index (Phi) is 9.97. The molecule has 1 atom stereocenters. The molecular formula is C31H38ClFN4O2. The molecule has 4 rings (SSSR count). The molecule has 1 aliphatic carbocycles. The third kappa shape index (κ3) is 6.97. The van der Waals surface area contributed by atoms with Crippen molar-refractivity contribution in [2.75, 3.05) is 38.8 Å². The zero-order valence-electron chi connectivity index (χ0n) is 22.6. The van der Waals surface area contributed by atoms with Crippen LogP contribution in [-0.2, 0) is 4.74 Å². The molecule has 39 heavy (non-hydrogen) atoms. The number of hydrogen-bond acceptors (Lipinski definition) is 5. The van der Waals surface area contributed by atoms with Gasteiger partial charge in [-0.1, -0.05) is 48.0 Å². The van der Waals surface area contributed by atoms with Gasteiger partial charge in [0.25, 0.3) is 0 Å². The fourth-order valence-corrected chi connectivity index (χ4v) is 5.56. The lowest BCUT2D eigenvalue weighted by Gasteiger charge is -2.29. The van der Waals surface area contributed by atoms with Gasteiger partial charge in [-0.15, -0.1) is 0 Å². The number of halogens is 2. The van der Waals surface area contributed by atoms with Gasteiger partial charge in [-0.25, -0.2) is 4.39 Å². The number of nitrogens with two attached hydrogens (primary N) is 2. The van der Waals surface area contributed by atoms with Crippen LogP contribution in [0.1, 0.15) is 53.1 Å². The van der Waals surface area contributed by atoms with Crippen LogP contribution >= 0.6 is 11.6 Å². The van der Waals surface area contributed by atoms with Crippen molar-refractivity contribution in [1.29, 1.82) is 0 Å². The van der Waals surface area contributed by atoms with E-state index in [9.17, 15) is 4.79 Å². The Morgan fingerprint density at radius 2 is 1.82 bits per heavy atom. The number of anilines is 1. The summed E-state index contributed by atoms with van der Waals surface area (Å²) in [7, 11) is 3.37. The Morgan fingerprint density at radius 3 is 2.49 bits per heavy atom. The lowest BCUT2D eigenvalue weighted by atomic mass is 9.87. The summed E-state index contributed by atoms with van der Waals surface area (Å²) in [6.07, 6.45) is 4.13. The lowest BCUT2D eigenvalue weighted by molar-refractivity contribution is 0.100. The molecule has 3 aromatic carbocycles. The van der Waals surface area contributed by atoms with E-state index in [4.69, 9.17) is 27.8 Å². The van der Waals surface area contributed by atoms with Gasteiger partial charge in [-0.05, 0) is 61.1 Å². The highest BCUT2D eigenvalue weighted by molar-refractivity contribution is 6.33. The summed E-state index contributed by atoms with van der Waals surface area (Å²) in [5.74, 6) is -1.27. The van der Waals surface area contributed by atoms with Crippen molar-refractivity contribution >= 4 is 23.2 Å². The molecule has 1 amide bonds. The number of nitrogens with zero attached hydrogens (tertiary/aromatic N) is 1. The van der Waals surface area contributed by atoms with Crippen molar-refractivity contribution < 1.29 is 13.9 Å². The van der Waals surface area contributed by atoms with Crippen molar-refractivity contribution in [3.8, 4) is 11.1 Å². The van der Waals surface area contributed by atoms with E-state index < -0.39 is 11.7 Å². The molecule has 1 saturated carbocycles. The van der Waals surface area contributed by atoms with Crippen LogP contribution in [-0.4, -0.2) is 51.8 Å². The molecule has 0 aliphatic heterocycles. The van der Waals surface area contributed by atoms with Crippen LogP contribution in [0.4, 0.5) is 10.1 Å². The zero-order valence-corrected chi connectivity index (χ0v) is 23.4. The van der Waals surface area contributed by atoms with E-state index in [1.54, 1.807) is 37.3 Å². The van der Waals surface area contributed by atoms with Gasteiger partial charge < -0.3 is 26.4 Å². The van der Waals surface area contributed by atoms with E-state index in [-0.39, 0.29) is 23.1 Å². The molecule has 5 N–H and O–H groups in total. The minimum Gasteiger partial charge on any atom is -0.383 e. The maximum Gasteiger partial charge on any atom is 0.249 e. The molecule has 6 nitrogen and oxygen atoms in total. The number of methoxy groups -OCH3 is 1. The predicted molar refractivity (Wildman–Crippen MR) is 157 cm³/mol. The molecule has 0 aromatic heterocycles. The first-order valence-electron chi connectivity index (χ1n) is 13.5. The number of rotatable bonds is 11. The molecule has 1 aliphatic rings. The zero-order chi connectivity index (χ0) is 27.9. The second kappa shape index (κ2) is 13.4. The summed E-state index contributed by atoms with van der Waals surface area (Å²) in [5.41, 5.74) is 14.9. The maximum absolute atomic E-state index is 16.1. The Balaban J connectivity index is 1.75. The van der Waals surface area contributed by atoms with Crippen LogP contribution in [0.5, 0.6) is 0 Å². The number of nitrogens with one attached hydrogen (secondary N) is 1. The summed E-state index contributed by atoms with van der Waals surface area (Å²) >= 11 is 6.68. The monoisotopic (exact) mass is 552 g/mol. The number of likely N-dealkylation sites (N-methyl/N-ethyl adjacent to an activating group) is 1. The molecule has 8 heteroatoms. The normalized spacial score (nSPS) is 18.1. The van der Waals surface area contributed by atoms with Gasteiger partial charge in [0.05, 0.1) is 17.9 Å². The number of amides is 1. The van der Waals surface area contributed by atoms with Gasteiger partial charge in [-0.3, -0.25) is 4.79 Å². The quantitative estimate of drug-likeness (QED) is 0.299. The molecule has 0 spiro atoms. The van der Waals surface area contributed by atoms with Crippen molar-refractivity contribution in [1.82, 2.24) is 5.32 Å². The minimum atomic E-state index is -0.715. The third-order valence-corrected chi connectivity index (χ3v) is 8.01. The number of carbonyl (C=O) groups is 1. The Morgan fingerprint density at radius 1 is 1.10 bits per heavy atom. The highest BCUT2D eigenvalue weighted by Gasteiger charge is 2.25. The molecule has 1 fully saturated rings. The van der Waals surface area contributed by atoms with Crippen molar-refractivity contribution in [3.05, 3.63) is 88.2 Å². The predicted octanol–water partition coefficient (Wildman–Crippen LogP) is 5.32. The maximum atomic E-state index is 16.1. The van der Waals surface area contributed by atoms with E-state index in [0.29, 0.717) is 42.0 Å². The Labute approximate surface area is 235 Å². The molecular weight excluding hydrogens is 515 g/mol. The van der Waals surface area contributed by atoms with Crippen LogP contribution in [0, 0.1) is 5.82 Å². The lowest BCUT2D eigenvalue weighted by Crippen LogP contribution is -2.39. The van der Waals surface area contributed by atoms with Crippen molar-refractivity contribution in [2.45, 2.75) is 43.7 Å². The first-order chi connectivity index (χ1) is 18.8. The van der Waals surface area contributed by atoms with Gasteiger partial charge >= 0.3 is 0 Å². The first kappa shape index (κ1) is 29.0. The second-order valence-corrected chi connectivity index (χ2v) is 10.7. The van der Waals surface area contributed by atoms with Crippen LogP contribution in [0.3, 0.4) is 0 Å². The molecule has 3 aromatic rings. The summed E-state index contributed by atoms with van der Waals surface area (Å²) in [6.45, 7) is 1.61. The van der Waals surface area contributed by atoms with E-state index in [1.165, 1.54) is 0 Å². The molecule has 208 valence electrons. The first-order valence-corrected chi connectivity index (χ1v) is 13.8. The van der Waals surface area contributed by atoms with Crippen LogP contribution < -0.4 is 21.7 Å². The van der Waals surface area contributed by atoms with Gasteiger partial charge in [0.1, 0.15) is 0 Å². The Bertz CT molecular complexity index is 1260.